The van der Waals surface area contributed by atoms with Crippen LogP contribution in [0.3, 0.4) is 0 Å². The Balaban J connectivity index is 1.85. The highest BCUT2D eigenvalue weighted by atomic mass is 32.1. The number of rotatable bonds is 6. The number of fused-ring (bicyclic) bond motifs is 1. The Morgan fingerprint density at radius 1 is 1.31 bits per heavy atom. The van der Waals surface area contributed by atoms with E-state index in [1.54, 1.807) is 23.2 Å². The molecule has 1 atom stereocenters. The molecule has 1 aromatic carbocycles. The third-order valence-electron chi connectivity index (χ3n) is 5.91. The van der Waals surface area contributed by atoms with E-state index in [4.69, 9.17) is 4.98 Å². The molecule has 3 rings (SSSR count). The van der Waals surface area contributed by atoms with Gasteiger partial charge in [-0.05, 0) is 38.3 Å². The van der Waals surface area contributed by atoms with Crippen molar-refractivity contribution in [3.05, 3.63) is 29.3 Å². The number of carboxylic acids is 1. The summed E-state index contributed by atoms with van der Waals surface area (Å²) < 4.78 is 1.13. The predicted octanol–water partition coefficient (Wildman–Crippen LogP) is 3.97. The highest BCUT2D eigenvalue weighted by molar-refractivity contribution is 7.18. The summed E-state index contributed by atoms with van der Waals surface area (Å²) in [6, 6.07) is 8.02. The van der Waals surface area contributed by atoms with Crippen LogP contribution in [0, 0.1) is 10.8 Å². The normalized spacial score (nSPS) is 20.7. The Labute approximate surface area is 158 Å². The Morgan fingerprint density at radius 3 is 2.58 bits per heavy atom. The molecule has 1 aliphatic heterocycles. The van der Waals surface area contributed by atoms with Gasteiger partial charge in [0, 0.05) is 19.5 Å². The molecule has 26 heavy (non-hydrogen) atoms. The number of carbonyl (C=O) groups excluding carboxylic acids is 1. The van der Waals surface area contributed by atoms with Crippen molar-refractivity contribution >= 4 is 33.4 Å². The van der Waals surface area contributed by atoms with E-state index in [-0.39, 0.29) is 5.91 Å². The number of hydrogen-bond acceptors (Lipinski definition) is 4. The molecule has 6 heteroatoms. The van der Waals surface area contributed by atoms with Gasteiger partial charge in [-0.3, -0.25) is 9.59 Å². The molecule has 2 aromatic rings. The Hall–Kier alpha value is -1.95. The van der Waals surface area contributed by atoms with Crippen LogP contribution in [0.2, 0.25) is 0 Å². The molecule has 1 amide bonds. The number of carboxylic acid groups (broad SMARTS) is 1. The fourth-order valence-electron chi connectivity index (χ4n) is 3.81. The summed E-state index contributed by atoms with van der Waals surface area (Å²) in [6.45, 7) is 6.63. The van der Waals surface area contributed by atoms with E-state index >= 15 is 0 Å². The van der Waals surface area contributed by atoms with Crippen molar-refractivity contribution in [1.82, 2.24) is 9.88 Å². The highest BCUT2D eigenvalue weighted by Crippen LogP contribution is 2.39. The Bertz CT molecular complexity index is 794. The van der Waals surface area contributed by atoms with Crippen molar-refractivity contribution in [3.63, 3.8) is 0 Å². The monoisotopic (exact) mass is 374 g/mol. The Morgan fingerprint density at radius 2 is 2.00 bits per heavy atom. The van der Waals surface area contributed by atoms with Crippen LogP contribution in [0.25, 0.3) is 10.2 Å². The standard InChI is InChI=1S/C20H26N2O3S/c1-4-20(5-2,12-16-21-14-8-6-7-9-15(14)26-16)17(23)22-11-10-19(3,13-22)18(24)25/h6-9H,4-5,10-13H2,1-3H3,(H,24,25). The van der Waals surface area contributed by atoms with Gasteiger partial charge in [-0.1, -0.05) is 26.0 Å². The molecular weight excluding hydrogens is 348 g/mol. The van der Waals surface area contributed by atoms with Gasteiger partial charge < -0.3 is 10.0 Å². The van der Waals surface area contributed by atoms with Crippen molar-refractivity contribution in [2.75, 3.05) is 13.1 Å². The summed E-state index contributed by atoms with van der Waals surface area (Å²) in [5, 5.41) is 10.4. The van der Waals surface area contributed by atoms with Gasteiger partial charge in [-0.25, -0.2) is 4.98 Å². The second-order valence-electron chi connectivity index (χ2n) is 7.58. The van der Waals surface area contributed by atoms with Gasteiger partial charge in [0.15, 0.2) is 0 Å². The van der Waals surface area contributed by atoms with Crippen molar-refractivity contribution in [2.45, 2.75) is 46.5 Å². The van der Waals surface area contributed by atoms with E-state index in [0.717, 1.165) is 28.1 Å². The molecule has 1 unspecified atom stereocenters. The van der Waals surface area contributed by atoms with Crippen molar-refractivity contribution in [1.29, 1.82) is 0 Å². The average Bonchev–Trinajstić information content (AvgIpc) is 3.23. The van der Waals surface area contributed by atoms with Gasteiger partial charge in [-0.2, -0.15) is 0 Å². The van der Waals surface area contributed by atoms with Crippen LogP contribution < -0.4 is 0 Å². The van der Waals surface area contributed by atoms with E-state index in [0.29, 0.717) is 25.9 Å². The van der Waals surface area contributed by atoms with Gasteiger partial charge in [0.2, 0.25) is 5.91 Å². The van der Waals surface area contributed by atoms with Gasteiger partial charge in [0.25, 0.3) is 0 Å². The summed E-state index contributed by atoms with van der Waals surface area (Å²) in [4.78, 5) is 31.4. The second-order valence-corrected chi connectivity index (χ2v) is 8.70. The van der Waals surface area contributed by atoms with E-state index in [2.05, 4.69) is 6.07 Å². The number of likely N-dealkylation sites (tertiary alicyclic amines) is 1. The number of benzene rings is 1. The number of thiazole rings is 1. The molecule has 1 aromatic heterocycles. The predicted molar refractivity (Wildman–Crippen MR) is 103 cm³/mol. The molecule has 2 heterocycles. The first-order valence-electron chi connectivity index (χ1n) is 9.21. The molecule has 1 N–H and O–H groups in total. The molecule has 0 saturated carbocycles. The zero-order valence-electron chi connectivity index (χ0n) is 15.6. The second kappa shape index (κ2) is 6.99. The number of para-hydroxylation sites is 1. The number of carbonyl (C=O) groups is 2. The minimum atomic E-state index is -0.835. The van der Waals surface area contributed by atoms with Crippen LogP contribution in [0.1, 0.15) is 45.0 Å². The first kappa shape index (κ1) is 18.8. The Kier molecular flexibility index (Phi) is 5.06. The smallest absolute Gasteiger partial charge is 0.311 e. The maximum Gasteiger partial charge on any atom is 0.311 e. The molecule has 0 bridgehead atoms. The lowest BCUT2D eigenvalue weighted by molar-refractivity contribution is -0.148. The summed E-state index contributed by atoms with van der Waals surface area (Å²) >= 11 is 1.64. The lowest BCUT2D eigenvalue weighted by Gasteiger charge is -2.34. The van der Waals surface area contributed by atoms with Crippen LogP contribution in [0.5, 0.6) is 0 Å². The van der Waals surface area contributed by atoms with Crippen LogP contribution in [-0.4, -0.2) is 40.0 Å². The maximum absolute atomic E-state index is 13.4. The SMILES string of the molecule is CCC(CC)(Cc1nc2ccccc2s1)C(=O)N1CCC(C)(C(=O)O)C1. The number of aliphatic carboxylic acids is 1. The molecule has 1 saturated heterocycles. The van der Waals surface area contributed by atoms with Crippen LogP contribution in [0.4, 0.5) is 0 Å². The lowest BCUT2D eigenvalue weighted by Crippen LogP contribution is -2.45. The van der Waals surface area contributed by atoms with Crippen molar-refractivity contribution < 1.29 is 14.7 Å². The number of hydrogen-bond donors (Lipinski definition) is 1. The largest absolute Gasteiger partial charge is 0.481 e. The third kappa shape index (κ3) is 3.22. The summed E-state index contributed by atoms with van der Waals surface area (Å²) in [5.41, 5.74) is -0.378. The minimum absolute atomic E-state index is 0.0757. The molecule has 5 nitrogen and oxygen atoms in total. The van der Waals surface area contributed by atoms with Crippen molar-refractivity contribution in [3.8, 4) is 0 Å². The zero-order valence-corrected chi connectivity index (χ0v) is 16.4. The fraction of sp³-hybridized carbons (Fsp3) is 0.550. The fourth-order valence-corrected chi connectivity index (χ4v) is 4.92. The van der Waals surface area contributed by atoms with Gasteiger partial charge in [0.1, 0.15) is 0 Å². The first-order chi connectivity index (χ1) is 12.3. The number of nitrogens with zero attached hydrogens (tertiary/aromatic N) is 2. The topological polar surface area (TPSA) is 70.5 Å². The molecule has 1 fully saturated rings. The van der Waals surface area contributed by atoms with Gasteiger partial charge in [-0.15, -0.1) is 11.3 Å². The van der Waals surface area contributed by atoms with Crippen LogP contribution >= 0.6 is 11.3 Å². The third-order valence-corrected chi connectivity index (χ3v) is 6.95. The molecular formula is C20H26N2O3S. The highest BCUT2D eigenvalue weighted by Gasteiger charge is 2.47. The molecule has 0 spiro atoms. The number of aromatic nitrogens is 1. The van der Waals surface area contributed by atoms with E-state index < -0.39 is 16.8 Å². The summed E-state index contributed by atoms with van der Waals surface area (Å²) in [7, 11) is 0. The van der Waals surface area contributed by atoms with Gasteiger partial charge in [0.05, 0.1) is 26.1 Å². The van der Waals surface area contributed by atoms with Crippen molar-refractivity contribution in [2.24, 2.45) is 10.8 Å². The van der Waals surface area contributed by atoms with E-state index in [1.165, 1.54) is 0 Å². The minimum Gasteiger partial charge on any atom is -0.481 e. The van der Waals surface area contributed by atoms with E-state index in [1.807, 2.05) is 32.0 Å². The average molecular weight is 375 g/mol. The van der Waals surface area contributed by atoms with E-state index in [9.17, 15) is 14.7 Å². The van der Waals surface area contributed by atoms with Crippen LogP contribution in [0.15, 0.2) is 24.3 Å². The van der Waals surface area contributed by atoms with Gasteiger partial charge >= 0.3 is 5.97 Å². The first-order valence-corrected chi connectivity index (χ1v) is 10.0. The summed E-state index contributed by atoms with van der Waals surface area (Å²) in [5.74, 6) is -0.746. The molecule has 1 aliphatic rings. The van der Waals surface area contributed by atoms with Crippen LogP contribution in [-0.2, 0) is 16.0 Å². The quantitative estimate of drug-likeness (QED) is 0.830. The maximum atomic E-state index is 13.4. The zero-order chi connectivity index (χ0) is 18.9. The number of amides is 1. The lowest BCUT2D eigenvalue weighted by atomic mass is 9.78. The molecule has 0 radical (unpaired) electrons. The molecule has 140 valence electrons. The molecule has 0 aliphatic carbocycles. The summed E-state index contributed by atoms with van der Waals surface area (Å²) in [6.07, 6.45) is 2.56.